The van der Waals surface area contributed by atoms with Gasteiger partial charge in [0.2, 0.25) is 0 Å². The van der Waals surface area contributed by atoms with Crippen LogP contribution in [0, 0.1) is 5.92 Å². The van der Waals surface area contributed by atoms with Gasteiger partial charge in [-0.15, -0.1) is 0 Å². The highest BCUT2D eigenvalue weighted by Gasteiger charge is 2.22. The van der Waals surface area contributed by atoms with Crippen LogP contribution >= 0.6 is 0 Å². The maximum absolute atomic E-state index is 11.6. The second-order valence-corrected chi connectivity index (χ2v) is 7.91. The second kappa shape index (κ2) is 6.14. The van der Waals surface area contributed by atoms with Crippen LogP contribution in [0.5, 0.6) is 0 Å². The van der Waals surface area contributed by atoms with Crippen molar-refractivity contribution in [3.63, 3.8) is 0 Å². The fourth-order valence-electron chi connectivity index (χ4n) is 2.81. The van der Waals surface area contributed by atoms with Gasteiger partial charge in [0.05, 0.1) is 4.90 Å². The van der Waals surface area contributed by atoms with Gasteiger partial charge in [0.1, 0.15) is 0 Å². The Labute approximate surface area is 122 Å². The van der Waals surface area contributed by atoms with Crippen LogP contribution in [0.25, 0.3) is 0 Å². The standard InChI is InChI=1S/C15H24N2O2S/c1-12(13-6-5-9-17(2)11-13)16-14-7-4-8-15(10-14)20(3,18)19/h4,7-8,10,12-13,16H,5-6,9,11H2,1-3H3. The van der Waals surface area contributed by atoms with Gasteiger partial charge in [-0.2, -0.15) is 0 Å². The van der Waals surface area contributed by atoms with E-state index >= 15 is 0 Å². The number of sulfone groups is 1. The third-order valence-electron chi connectivity index (χ3n) is 4.02. The van der Waals surface area contributed by atoms with E-state index in [4.69, 9.17) is 0 Å². The first-order valence-corrected chi connectivity index (χ1v) is 9.00. The summed E-state index contributed by atoms with van der Waals surface area (Å²) in [6.07, 6.45) is 3.70. The molecule has 0 bridgehead atoms. The Kier molecular flexibility index (Phi) is 4.70. The predicted molar refractivity (Wildman–Crippen MR) is 82.9 cm³/mol. The van der Waals surface area contributed by atoms with E-state index in [-0.39, 0.29) is 0 Å². The van der Waals surface area contributed by atoms with Crippen molar-refractivity contribution in [1.29, 1.82) is 0 Å². The van der Waals surface area contributed by atoms with Crippen molar-refractivity contribution in [3.05, 3.63) is 24.3 Å². The van der Waals surface area contributed by atoms with E-state index in [0.717, 1.165) is 12.2 Å². The first kappa shape index (κ1) is 15.3. The molecule has 1 aliphatic rings. The van der Waals surface area contributed by atoms with Crippen molar-refractivity contribution in [1.82, 2.24) is 4.90 Å². The van der Waals surface area contributed by atoms with Gasteiger partial charge < -0.3 is 10.2 Å². The highest BCUT2D eigenvalue weighted by Crippen LogP contribution is 2.23. The Morgan fingerprint density at radius 1 is 1.40 bits per heavy atom. The lowest BCUT2D eigenvalue weighted by molar-refractivity contribution is 0.197. The van der Waals surface area contributed by atoms with Gasteiger partial charge in [-0.1, -0.05) is 6.07 Å². The largest absolute Gasteiger partial charge is 0.382 e. The van der Waals surface area contributed by atoms with Crippen LogP contribution in [0.4, 0.5) is 5.69 Å². The number of hydrogen-bond acceptors (Lipinski definition) is 4. The molecular formula is C15H24N2O2S. The molecule has 1 aromatic rings. The van der Waals surface area contributed by atoms with Gasteiger partial charge in [-0.05, 0) is 57.5 Å². The molecule has 20 heavy (non-hydrogen) atoms. The van der Waals surface area contributed by atoms with E-state index in [1.165, 1.54) is 25.6 Å². The normalized spacial score (nSPS) is 22.4. The molecule has 1 aliphatic heterocycles. The lowest BCUT2D eigenvalue weighted by Gasteiger charge is -2.34. The molecular weight excluding hydrogens is 272 g/mol. The molecule has 1 saturated heterocycles. The summed E-state index contributed by atoms with van der Waals surface area (Å²) in [5, 5.41) is 3.45. The second-order valence-electron chi connectivity index (χ2n) is 5.90. The highest BCUT2D eigenvalue weighted by atomic mass is 32.2. The molecule has 0 spiro atoms. The zero-order chi connectivity index (χ0) is 14.8. The molecule has 4 nitrogen and oxygen atoms in total. The van der Waals surface area contributed by atoms with Crippen molar-refractivity contribution in [3.8, 4) is 0 Å². The third-order valence-corrected chi connectivity index (χ3v) is 5.13. The van der Waals surface area contributed by atoms with Crippen molar-refractivity contribution in [2.24, 2.45) is 5.92 Å². The van der Waals surface area contributed by atoms with E-state index in [1.807, 2.05) is 6.07 Å². The number of piperidine rings is 1. The molecule has 0 aliphatic carbocycles. The number of nitrogens with zero attached hydrogens (tertiary/aromatic N) is 1. The molecule has 2 rings (SSSR count). The maximum Gasteiger partial charge on any atom is 0.175 e. The van der Waals surface area contributed by atoms with Gasteiger partial charge in [0.15, 0.2) is 9.84 Å². The first-order chi connectivity index (χ1) is 9.36. The number of anilines is 1. The topological polar surface area (TPSA) is 49.4 Å². The Morgan fingerprint density at radius 2 is 2.15 bits per heavy atom. The molecule has 0 saturated carbocycles. The van der Waals surface area contributed by atoms with Crippen molar-refractivity contribution >= 4 is 15.5 Å². The summed E-state index contributed by atoms with van der Waals surface area (Å²) < 4.78 is 23.2. The molecule has 1 N–H and O–H groups in total. The SMILES string of the molecule is CC(Nc1cccc(S(C)(=O)=O)c1)C1CCCN(C)C1. The van der Waals surface area contributed by atoms with E-state index in [0.29, 0.717) is 16.9 Å². The predicted octanol–water partition coefficient (Wildman–Crippen LogP) is 2.23. The average Bonchev–Trinajstić information content (AvgIpc) is 2.38. The summed E-state index contributed by atoms with van der Waals surface area (Å²) in [5.74, 6) is 0.607. The first-order valence-electron chi connectivity index (χ1n) is 7.11. The van der Waals surface area contributed by atoms with Gasteiger partial charge in [-0.25, -0.2) is 8.42 Å². The van der Waals surface area contributed by atoms with E-state index in [1.54, 1.807) is 18.2 Å². The summed E-state index contributed by atoms with van der Waals surface area (Å²) in [6, 6.07) is 7.42. The molecule has 1 heterocycles. The molecule has 1 aromatic carbocycles. The minimum atomic E-state index is -3.14. The van der Waals surface area contributed by atoms with Gasteiger partial charge in [0, 0.05) is 24.5 Å². The average molecular weight is 296 g/mol. The number of likely N-dealkylation sites (tertiary alicyclic amines) is 1. The Balaban J connectivity index is 2.06. The number of rotatable bonds is 4. The number of benzene rings is 1. The quantitative estimate of drug-likeness (QED) is 0.925. The number of nitrogens with one attached hydrogen (secondary N) is 1. The van der Waals surface area contributed by atoms with E-state index < -0.39 is 9.84 Å². The zero-order valence-electron chi connectivity index (χ0n) is 12.5. The summed E-state index contributed by atoms with van der Waals surface area (Å²) in [5.41, 5.74) is 0.883. The van der Waals surface area contributed by atoms with Gasteiger partial charge >= 0.3 is 0 Å². The lowest BCUT2D eigenvalue weighted by Crippen LogP contribution is -2.39. The van der Waals surface area contributed by atoms with E-state index in [2.05, 4.69) is 24.2 Å². The Bertz CT molecular complexity index is 557. The minimum absolute atomic E-state index is 0.340. The molecule has 5 heteroatoms. The Morgan fingerprint density at radius 3 is 2.80 bits per heavy atom. The highest BCUT2D eigenvalue weighted by molar-refractivity contribution is 7.90. The molecule has 2 unspecified atom stereocenters. The van der Waals surface area contributed by atoms with E-state index in [9.17, 15) is 8.42 Å². The maximum atomic E-state index is 11.6. The van der Waals surface area contributed by atoms with Gasteiger partial charge in [0.25, 0.3) is 0 Å². The van der Waals surface area contributed by atoms with Crippen molar-refractivity contribution < 1.29 is 8.42 Å². The zero-order valence-corrected chi connectivity index (χ0v) is 13.3. The van der Waals surface area contributed by atoms with Crippen LogP contribution in [0.1, 0.15) is 19.8 Å². The van der Waals surface area contributed by atoms with Crippen molar-refractivity contribution in [2.75, 3.05) is 31.7 Å². The van der Waals surface area contributed by atoms with Crippen LogP contribution in [-0.2, 0) is 9.84 Å². The summed E-state index contributed by atoms with van der Waals surface area (Å²) in [6.45, 7) is 4.45. The smallest absolute Gasteiger partial charge is 0.175 e. The lowest BCUT2D eigenvalue weighted by atomic mass is 9.92. The molecule has 1 fully saturated rings. The molecule has 0 radical (unpaired) electrons. The summed E-state index contributed by atoms with van der Waals surface area (Å²) >= 11 is 0. The van der Waals surface area contributed by atoms with Crippen LogP contribution in [0.2, 0.25) is 0 Å². The van der Waals surface area contributed by atoms with Crippen LogP contribution in [-0.4, -0.2) is 45.8 Å². The summed E-state index contributed by atoms with van der Waals surface area (Å²) in [7, 11) is -0.987. The summed E-state index contributed by atoms with van der Waals surface area (Å²) in [4.78, 5) is 2.73. The fraction of sp³-hybridized carbons (Fsp3) is 0.600. The third kappa shape index (κ3) is 3.96. The van der Waals surface area contributed by atoms with Gasteiger partial charge in [-0.3, -0.25) is 0 Å². The van der Waals surface area contributed by atoms with Crippen LogP contribution < -0.4 is 5.32 Å². The molecule has 0 aromatic heterocycles. The fourth-order valence-corrected chi connectivity index (χ4v) is 3.48. The monoisotopic (exact) mass is 296 g/mol. The Hall–Kier alpha value is -1.07. The van der Waals surface area contributed by atoms with Crippen LogP contribution in [0.3, 0.4) is 0 Å². The molecule has 112 valence electrons. The van der Waals surface area contributed by atoms with Crippen molar-refractivity contribution in [2.45, 2.75) is 30.7 Å². The minimum Gasteiger partial charge on any atom is -0.382 e. The van der Waals surface area contributed by atoms with Crippen LogP contribution in [0.15, 0.2) is 29.2 Å². The number of hydrogen-bond donors (Lipinski definition) is 1. The molecule has 2 atom stereocenters. The molecule has 0 amide bonds.